The van der Waals surface area contributed by atoms with Crippen LogP contribution in [0, 0.1) is 34.0 Å². The number of nitriles is 3. The average Bonchev–Trinajstić information content (AvgIpc) is 1.62. The molecule has 138 heavy (non-hydrogen) atoms. The highest BCUT2D eigenvalue weighted by atomic mass is 15.0. The van der Waals surface area contributed by atoms with Crippen LogP contribution in [0.15, 0.2) is 491 Å². The van der Waals surface area contributed by atoms with Gasteiger partial charge in [0, 0.05) is 104 Å². The van der Waals surface area contributed by atoms with Crippen LogP contribution in [0.5, 0.6) is 0 Å². The first kappa shape index (κ1) is 80.9. The molecule has 0 aliphatic rings. The molecule has 6 aromatic heterocycles. The van der Waals surface area contributed by atoms with E-state index in [1.165, 1.54) is 109 Å². The maximum absolute atomic E-state index is 10.3. The van der Waals surface area contributed by atoms with Gasteiger partial charge < -0.3 is 27.4 Å². The van der Waals surface area contributed by atoms with Crippen molar-refractivity contribution in [2.24, 2.45) is 0 Å². The summed E-state index contributed by atoms with van der Waals surface area (Å²) in [7, 11) is 0. The number of hydrogen-bond acceptors (Lipinski definition) is 3. The minimum Gasteiger partial charge on any atom is -0.309 e. The fourth-order valence-corrected chi connectivity index (χ4v) is 21.5. The Balaban J connectivity index is 0.000000110. The lowest BCUT2D eigenvalue weighted by Crippen LogP contribution is -2.00. The lowest BCUT2D eigenvalue weighted by molar-refractivity contribution is 1.17. The van der Waals surface area contributed by atoms with Crippen molar-refractivity contribution in [3.8, 4) is 119 Å². The third kappa shape index (κ3) is 13.4. The molecule has 9 nitrogen and oxygen atoms in total. The summed E-state index contributed by atoms with van der Waals surface area (Å²) in [5, 5.41) is 45.5. The predicted octanol–water partition coefficient (Wildman–Crippen LogP) is 33.3. The van der Waals surface area contributed by atoms with Gasteiger partial charge in [0.1, 0.15) is 18.2 Å². The molecule has 0 bridgehead atoms. The number of benzene rings is 21. The Kier molecular flexibility index (Phi) is 19.9. The summed E-state index contributed by atoms with van der Waals surface area (Å²) in [4.78, 5) is 0. The highest BCUT2D eigenvalue weighted by Crippen LogP contribution is 2.47. The second-order valence-electron chi connectivity index (χ2n) is 35.0. The Labute approximate surface area is 795 Å². The first-order chi connectivity index (χ1) is 68.4. The van der Waals surface area contributed by atoms with E-state index in [1.807, 2.05) is 36.4 Å². The van der Waals surface area contributed by atoms with Crippen molar-refractivity contribution in [1.29, 1.82) is 15.8 Å². The molecule has 0 saturated carbocycles. The van der Waals surface area contributed by atoms with Gasteiger partial charge in [-0.15, -0.1) is 0 Å². The van der Waals surface area contributed by atoms with E-state index in [4.69, 9.17) is 0 Å². The summed E-state index contributed by atoms with van der Waals surface area (Å²) in [5.41, 5.74) is 35.0. The third-order valence-corrected chi connectivity index (χ3v) is 27.5. The largest absolute Gasteiger partial charge is 0.309 e. The molecule has 0 aliphatic heterocycles. The minimum atomic E-state index is 0.644. The smallest absolute Gasteiger partial charge is 0.101 e. The number of rotatable bonds is 12. The number of hydrogen-bond donors (Lipinski definition) is 0. The van der Waals surface area contributed by atoms with Crippen LogP contribution in [-0.2, 0) is 0 Å². The number of fused-ring (bicyclic) bond motifs is 18. The number of para-hydroxylation sites is 16. The summed E-state index contributed by atoms with van der Waals surface area (Å²) in [6.07, 6.45) is 0. The second-order valence-corrected chi connectivity index (χ2v) is 35.0. The SMILES string of the molecule is N#Cc1cccc(-c2ccc(-c3ccc4c5ccccc5n(-c5ccccc5)c4c3)cc2)c1-n1c2ccccc2c2ccccc21.N#Cc1cccc(-c2ccc(-c3cccc4c3c3ccccc3n4-c3ccccc3)cc2)c1-n1c2ccccc2c2ccccc21.N#Cc1cccc(-c2ccc(-c3cccc4c5ccccc5n(-c5ccccc5)c34)cc2)c1-n1c2ccccc2c2ccccc21. The second kappa shape index (κ2) is 33.9. The van der Waals surface area contributed by atoms with Gasteiger partial charge in [0.2, 0.25) is 0 Å². The van der Waals surface area contributed by atoms with Crippen molar-refractivity contribution >= 4 is 131 Å². The van der Waals surface area contributed by atoms with E-state index in [0.717, 1.165) is 123 Å². The van der Waals surface area contributed by atoms with Gasteiger partial charge in [-0.3, -0.25) is 0 Å². The van der Waals surface area contributed by atoms with Gasteiger partial charge in [0.25, 0.3) is 0 Å². The van der Waals surface area contributed by atoms with E-state index in [9.17, 15) is 15.8 Å². The zero-order valence-electron chi connectivity index (χ0n) is 74.8. The molecular weight excluding hydrogens is 1680 g/mol. The highest BCUT2D eigenvalue weighted by molar-refractivity contribution is 6.19. The molecule has 27 rings (SSSR count). The monoisotopic (exact) mass is 1760 g/mol. The van der Waals surface area contributed by atoms with Crippen LogP contribution in [-0.4, -0.2) is 27.4 Å². The summed E-state index contributed by atoms with van der Waals surface area (Å²) in [5.74, 6) is 0. The fraction of sp³-hybridized carbons (Fsp3) is 0. The maximum atomic E-state index is 10.3. The molecule has 0 saturated heterocycles. The Morgan fingerprint density at radius 1 is 0.145 bits per heavy atom. The molecule has 0 unspecified atom stereocenters. The van der Waals surface area contributed by atoms with Crippen molar-refractivity contribution < 1.29 is 0 Å². The number of nitrogens with zero attached hydrogens (tertiary/aromatic N) is 9. The van der Waals surface area contributed by atoms with Crippen LogP contribution in [0.3, 0.4) is 0 Å². The van der Waals surface area contributed by atoms with Crippen LogP contribution >= 0.6 is 0 Å². The first-order valence-corrected chi connectivity index (χ1v) is 46.5. The van der Waals surface area contributed by atoms with Gasteiger partial charge in [0.05, 0.1) is 100.0 Å². The summed E-state index contributed by atoms with van der Waals surface area (Å²) in [6.45, 7) is 0. The molecule has 0 amide bonds. The summed E-state index contributed by atoms with van der Waals surface area (Å²) in [6, 6.07) is 180. The molecule has 642 valence electrons. The minimum absolute atomic E-state index is 0.644. The van der Waals surface area contributed by atoms with Crippen LogP contribution < -0.4 is 0 Å². The molecule has 0 spiro atoms. The molecule has 21 aromatic carbocycles. The Morgan fingerprint density at radius 2 is 0.377 bits per heavy atom. The van der Waals surface area contributed by atoms with Crippen LogP contribution in [0.4, 0.5) is 0 Å². The highest BCUT2D eigenvalue weighted by Gasteiger charge is 2.26. The van der Waals surface area contributed by atoms with Crippen LogP contribution in [0.1, 0.15) is 16.7 Å². The normalized spacial score (nSPS) is 11.5. The van der Waals surface area contributed by atoms with E-state index in [1.54, 1.807) is 0 Å². The van der Waals surface area contributed by atoms with Crippen molar-refractivity contribution in [3.63, 3.8) is 0 Å². The van der Waals surface area contributed by atoms with Gasteiger partial charge >= 0.3 is 0 Å². The quantitative estimate of drug-likeness (QED) is 0.122. The van der Waals surface area contributed by atoms with E-state index in [2.05, 4.69) is 501 Å². The van der Waals surface area contributed by atoms with Gasteiger partial charge in [0.15, 0.2) is 0 Å². The van der Waals surface area contributed by atoms with Gasteiger partial charge in [-0.2, -0.15) is 15.8 Å². The molecule has 0 aliphatic carbocycles. The fourth-order valence-electron chi connectivity index (χ4n) is 21.5. The van der Waals surface area contributed by atoms with E-state index < -0.39 is 0 Å². The third-order valence-electron chi connectivity index (χ3n) is 27.5. The van der Waals surface area contributed by atoms with Gasteiger partial charge in [-0.05, 0) is 166 Å². The zero-order chi connectivity index (χ0) is 91.8. The van der Waals surface area contributed by atoms with Gasteiger partial charge in [-0.1, -0.05) is 370 Å². The Morgan fingerprint density at radius 3 is 0.746 bits per heavy atom. The molecule has 27 aromatic rings. The lowest BCUT2D eigenvalue weighted by atomic mass is 9.95. The van der Waals surface area contributed by atoms with Crippen molar-refractivity contribution in [2.45, 2.75) is 0 Å². The Hall–Kier alpha value is -19.1. The summed E-state index contributed by atoms with van der Waals surface area (Å²) >= 11 is 0. The lowest BCUT2D eigenvalue weighted by Gasteiger charge is -2.16. The van der Waals surface area contributed by atoms with Crippen molar-refractivity contribution in [3.05, 3.63) is 508 Å². The molecule has 0 N–H and O–H groups in total. The predicted molar refractivity (Wildman–Crippen MR) is 572 cm³/mol. The maximum Gasteiger partial charge on any atom is 0.101 e. The van der Waals surface area contributed by atoms with Gasteiger partial charge in [-0.25, -0.2) is 0 Å². The van der Waals surface area contributed by atoms with Crippen molar-refractivity contribution in [2.75, 3.05) is 0 Å². The van der Waals surface area contributed by atoms with E-state index in [-0.39, 0.29) is 0 Å². The van der Waals surface area contributed by atoms with Crippen LogP contribution in [0.25, 0.3) is 232 Å². The molecule has 6 heterocycles. The first-order valence-electron chi connectivity index (χ1n) is 46.5. The number of aromatic nitrogens is 6. The molecule has 0 atom stereocenters. The topological polar surface area (TPSA) is 101 Å². The molecular formula is C129H81N9. The Bertz CT molecular complexity index is 9450. The average molecular weight is 1760 g/mol. The molecule has 0 fully saturated rings. The van der Waals surface area contributed by atoms with E-state index in [0.29, 0.717) is 16.7 Å². The van der Waals surface area contributed by atoms with Crippen LogP contribution in [0.2, 0.25) is 0 Å². The standard InChI is InChI=1S/3C43H27N3/c44-28-31-12-10-18-33(42(31)46-40-22-8-4-15-35(40)36-16-5-9-23-41(36)46)29-24-26-30(27-25-29)34-19-11-20-38-37-17-6-7-21-39(37)45(43(34)38)32-13-2-1-3-14-32;44-28-31-12-10-19-34(43(31)46-38-20-7-4-15-35(38)36-16-5-8-21-39(36)46)30-26-24-29(25-27-30)33-18-11-23-41-42(33)37-17-6-9-22-40(37)45(41)32-13-2-1-3-14-32;44-28-32-11-10-17-34(43(32)46-40-19-8-5-14-35(40)36-15-6-9-20-41(36)46)30-23-21-29(22-24-30)31-25-26-38-37-16-4-7-18-39(37)45(42(38)27-31)33-12-2-1-3-13-33/h3*1-27H. The van der Waals surface area contributed by atoms with E-state index >= 15 is 0 Å². The van der Waals surface area contributed by atoms with Crippen molar-refractivity contribution in [1.82, 2.24) is 27.4 Å². The zero-order valence-corrected chi connectivity index (χ0v) is 74.8. The molecule has 9 heteroatoms. The molecule has 0 radical (unpaired) electrons. The summed E-state index contributed by atoms with van der Waals surface area (Å²) < 4.78 is 13.9.